The molecule has 0 unspecified atom stereocenters. The van der Waals surface area contributed by atoms with Crippen molar-refractivity contribution in [2.75, 3.05) is 0 Å². The largest absolute Gasteiger partial charge is 0.507 e. The Morgan fingerprint density at radius 3 is 1.61 bits per heavy atom. The molecule has 0 atom stereocenters. The fraction of sp³-hybridized carbons (Fsp3) is 0.104. The zero-order valence-corrected chi connectivity index (χ0v) is 40.8. The summed E-state index contributed by atoms with van der Waals surface area (Å²) >= 11 is 0. The van der Waals surface area contributed by atoms with E-state index in [1.54, 1.807) is 0 Å². The Balaban J connectivity index is 1.11. The summed E-state index contributed by atoms with van der Waals surface area (Å²) in [6.45, 7) is 11.4. The molecule has 71 heavy (non-hydrogen) atoms. The normalized spacial score (nSPS) is 11.8. The van der Waals surface area contributed by atoms with Crippen LogP contribution in [0, 0.1) is 0 Å². The summed E-state index contributed by atoms with van der Waals surface area (Å²) in [5.74, 6) is 0.812. The van der Waals surface area contributed by atoms with Crippen LogP contribution in [-0.4, -0.2) is 19.6 Å². The van der Waals surface area contributed by atoms with Crippen molar-refractivity contribution < 1.29 is 5.11 Å². The highest BCUT2D eigenvalue weighted by Gasteiger charge is 2.26. The number of hydrogen-bond donors (Lipinski definition) is 1. The predicted molar refractivity (Wildman–Crippen MR) is 296 cm³/mol. The third kappa shape index (κ3) is 8.63. The highest BCUT2D eigenvalue weighted by Crippen LogP contribution is 2.46. The molecule has 0 saturated carbocycles. The lowest BCUT2D eigenvalue weighted by Crippen LogP contribution is -2.18. The monoisotopic (exact) mass is 917 g/mol. The molecule has 0 radical (unpaired) electrons. The molecule has 2 aromatic heterocycles. The summed E-state index contributed by atoms with van der Waals surface area (Å²) in [6.07, 6.45) is 1.93. The number of fused-ring (bicyclic) bond motifs is 1. The second-order valence-electron chi connectivity index (χ2n) is 20.0. The number of benzene rings is 9. The summed E-state index contributed by atoms with van der Waals surface area (Å²) in [4.78, 5) is 10.7. The second-order valence-corrected chi connectivity index (χ2v) is 20.0. The van der Waals surface area contributed by atoms with Gasteiger partial charge in [0, 0.05) is 33.9 Å². The van der Waals surface area contributed by atoms with Gasteiger partial charge in [-0.2, -0.15) is 0 Å². The summed E-state index contributed by atoms with van der Waals surface area (Å²) in [5, 5.41) is 12.7. The maximum Gasteiger partial charge on any atom is 0.149 e. The smallest absolute Gasteiger partial charge is 0.149 e. The van der Waals surface area contributed by atoms with Gasteiger partial charge in [-0.15, -0.1) is 0 Å². The van der Waals surface area contributed by atoms with Gasteiger partial charge in [0.1, 0.15) is 11.6 Å². The second kappa shape index (κ2) is 18.4. The van der Waals surface area contributed by atoms with Gasteiger partial charge in [0.05, 0.1) is 28.0 Å². The molecule has 0 aliphatic carbocycles. The van der Waals surface area contributed by atoms with Gasteiger partial charge in [-0.3, -0.25) is 9.55 Å². The van der Waals surface area contributed by atoms with Gasteiger partial charge in [-0.1, -0.05) is 217 Å². The fourth-order valence-corrected chi connectivity index (χ4v) is 9.96. The number of hydrogen-bond acceptors (Lipinski definition) is 3. The van der Waals surface area contributed by atoms with Crippen LogP contribution in [0.1, 0.15) is 51.3 Å². The standard InChI is InChI=1S/C67H55N3O/c1-66(2,3)55-40-51(39-52(41-55)60-44-49(37-38-68-60)46-33-35-54(36-34-46)67(4,5)53-27-16-9-17-28-53)57-30-20-32-62-63(57)69-65(70(62)61-31-19-18-29-56(61)47-23-12-7-13-24-47)59-43-50(45-21-10-6-11-22-45)42-58(64(59)71)48-25-14-8-15-26-48/h6-44,71H,1-5H3. The van der Waals surface area contributed by atoms with E-state index in [9.17, 15) is 5.11 Å². The zero-order chi connectivity index (χ0) is 48.7. The van der Waals surface area contributed by atoms with Gasteiger partial charge >= 0.3 is 0 Å². The minimum absolute atomic E-state index is 0.130. The van der Waals surface area contributed by atoms with Crippen LogP contribution >= 0.6 is 0 Å². The average molecular weight is 918 g/mol. The number of nitrogens with zero attached hydrogens (tertiary/aromatic N) is 3. The Hall–Kier alpha value is -8.60. The Labute approximate surface area is 417 Å². The van der Waals surface area contributed by atoms with Crippen LogP contribution in [0.3, 0.4) is 0 Å². The Bertz CT molecular complexity index is 3680. The van der Waals surface area contributed by atoms with E-state index in [0.717, 1.165) is 83.6 Å². The molecule has 0 fully saturated rings. The van der Waals surface area contributed by atoms with Crippen molar-refractivity contribution in [3.8, 4) is 89.7 Å². The maximum atomic E-state index is 12.7. The molecule has 4 heteroatoms. The molecule has 0 saturated heterocycles. The molecule has 4 nitrogen and oxygen atoms in total. The van der Waals surface area contributed by atoms with Gasteiger partial charge in [-0.05, 0) is 110 Å². The van der Waals surface area contributed by atoms with E-state index in [1.165, 1.54) is 16.7 Å². The third-order valence-electron chi connectivity index (χ3n) is 14.1. The summed E-state index contributed by atoms with van der Waals surface area (Å²) < 4.78 is 2.24. The van der Waals surface area contributed by atoms with E-state index >= 15 is 0 Å². The number of para-hydroxylation sites is 2. The minimum Gasteiger partial charge on any atom is -0.507 e. The van der Waals surface area contributed by atoms with Gasteiger partial charge in [-0.25, -0.2) is 4.98 Å². The predicted octanol–water partition coefficient (Wildman–Crippen LogP) is 17.4. The molecule has 0 spiro atoms. The number of imidazole rings is 1. The highest BCUT2D eigenvalue weighted by molar-refractivity contribution is 5.99. The Morgan fingerprint density at radius 1 is 0.380 bits per heavy atom. The quantitative estimate of drug-likeness (QED) is 0.149. The summed E-state index contributed by atoms with van der Waals surface area (Å²) in [5.41, 5.74) is 18.8. The van der Waals surface area contributed by atoms with Crippen molar-refractivity contribution in [3.05, 3.63) is 253 Å². The molecule has 0 amide bonds. The molecule has 9 aromatic carbocycles. The molecule has 344 valence electrons. The lowest BCUT2D eigenvalue weighted by atomic mass is 9.78. The molecule has 1 N–H and O–H groups in total. The molecule has 0 bridgehead atoms. The van der Waals surface area contributed by atoms with E-state index in [1.807, 2.05) is 48.7 Å². The van der Waals surface area contributed by atoms with Crippen molar-refractivity contribution in [2.45, 2.75) is 45.4 Å². The first-order chi connectivity index (χ1) is 34.5. The molecule has 11 aromatic rings. The molecule has 11 rings (SSSR count). The first-order valence-corrected chi connectivity index (χ1v) is 24.4. The van der Waals surface area contributed by atoms with Crippen LogP contribution in [0.15, 0.2) is 237 Å². The van der Waals surface area contributed by atoms with Crippen LogP contribution in [0.25, 0.3) is 95.0 Å². The zero-order valence-electron chi connectivity index (χ0n) is 40.8. The first kappa shape index (κ1) is 44.9. The summed E-state index contributed by atoms with van der Waals surface area (Å²) in [6, 6.07) is 81.0. The van der Waals surface area contributed by atoms with Crippen molar-refractivity contribution in [1.82, 2.24) is 14.5 Å². The van der Waals surface area contributed by atoms with Crippen molar-refractivity contribution >= 4 is 11.0 Å². The maximum absolute atomic E-state index is 12.7. The van der Waals surface area contributed by atoms with Crippen molar-refractivity contribution in [1.29, 1.82) is 0 Å². The van der Waals surface area contributed by atoms with Crippen LogP contribution in [0.5, 0.6) is 5.75 Å². The van der Waals surface area contributed by atoms with Gasteiger partial charge in [0.2, 0.25) is 0 Å². The van der Waals surface area contributed by atoms with E-state index in [0.29, 0.717) is 11.4 Å². The Morgan fingerprint density at radius 2 is 0.930 bits per heavy atom. The third-order valence-corrected chi connectivity index (χ3v) is 14.1. The average Bonchev–Trinajstić information content (AvgIpc) is 3.81. The van der Waals surface area contributed by atoms with Crippen LogP contribution in [0.4, 0.5) is 0 Å². The van der Waals surface area contributed by atoms with E-state index < -0.39 is 0 Å². The van der Waals surface area contributed by atoms with E-state index in [2.05, 4.69) is 227 Å². The number of rotatable bonds is 10. The fourth-order valence-electron chi connectivity index (χ4n) is 9.96. The minimum atomic E-state index is -0.172. The lowest BCUT2D eigenvalue weighted by Gasteiger charge is -2.26. The number of aromatic hydroxyl groups is 1. The highest BCUT2D eigenvalue weighted by atomic mass is 16.3. The van der Waals surface area contributed by atoms with Crippen LogP contribution < -0.4 is 0 Å². The number of phenolic OH excluding ortho intramolecular Hbond substituents is 1. The van der Waals surface area contributed by atoms with Crippen molar-refractivity contribution in [3.63, 3.8) is 0 Å². The SMILES string of the molecule is CC(C)(C)c1cc(-c2cc(-c3ccc(C(C)(C)c4ccccc4)cc3)ccn2)cc(-c2cccc3c2nc(-c2cc(-c4ccccc4)cc(-c4ccccc4)c2O)n3-c2ccccc2-c2ccccc2)c1. The number of pyridine rings is 1. The van der Waals surface area contributed by atoms with Crippen molar-refractivity contribution in [2.24, 2.45) is 0 Å². The summed E-state index contributed by atoms with van der Waals surface area (Å²) in [7, 11) is 0. The number of aromatic nitrogens is 3. The van der Waals surface area contributed by atoms with Gasteiger partial charge < -0.3 is 5.11 Å². The Kier molecular flexibility index (Phi) is 11.6. The topological polar surface area (TPSA) is 50.9 Å². The lowest BCUT2D eigenvalue weighted by molar-refractivity contribution is 0.479. The molecule has 0 aliphatic heterocycles. The van der Waals surface area contributed by atoms with E-state index in [-0.39, 0.29) is 16.6 Å². The van der Waals surface area contributed by atoms with Crippen LogP contribution in [0.2, 0.25) is 0 Å². The molecular formula is C67H55N3O. The number of phenols is 1. The van der Waals surface area contributed by atoms with Gasteiger partial charge in [0.25, 0.3) is 0 Å². The van der Waals surface area contributed by atoms with E-state index in [4.69, 9.17) is 9.97 Å². The van der Waals surface area contributed by atoms with Crippen LogP contribution in [-0.2, 0) is 10.8 Å². The molecule has 0 aliphatic rings. The molecule has 2 heterocycles. The first-order valence-electron chi connectivity index (χ1n) is 24.4. The van der Waals surface area contributed by atoms with Gasteiger partial charge in [0.15, 0.2) is 0 Å². The molecular weight excluding hydrogens is 863 g/mol.